The molecule has 4 aromatic carbocycles. The van der Waals surface area contributed by atoms with Crippen molar-refractivity contribution in [3.05, 3.63) is 130 Å². The van der Waals surface area contributed by atoms with E-state index in [-0.39, 0.29) is 22.5 Å². The molecule has 0 spiro atoms. The summed E-state index contributed by atoms with van der Waals surface area (Å²) in [5, 5.41) is 3.98. The maximum Gasteiger partial charge on any atom is 0.261 e. The van der Waals surface area contributed by atoms with E-state index in [9.17, 15) is 4.79 Å². The van der Waals surface area contributed by atoms with Gasteiger partial charge in [-0.3, -0.25) is 9.69 Å². The van der Waals surface area contributed by atoms with E-state index in [1.54, 1.807) is 0 Å². The molecule has 0 radical (unpaired) electrons. The molecule has 214 valence electrons. The average molecular weight is 577 g/mol. The Kier molecular flexibility index (Phi) is 7.47. The number of H-pyrrole nitrogens is 1. The Morgan fingerprint density at radius 1 is 0.857 bits per heavy atom. The highest BCUT2D eigenvalue weighted by molar-refractivity contribution is 6.99. The molecule has 0 atom stereocenters. The molecule has 0 amide bonds. The Morgan fingerprint density at radius 2 is 1.50 bits per heavy atom. The number of hydrogen-bond acceptors (Lipinski definition) is 3. The highest BCUT2D eigenvalue weighted by Crippen LogP contribution is 2.38. The predicted molar refractivity (Wildman–Crippen MR) is 172 cm³/mol. The molecule has 1 aliphatic heterocycles. The fraction of sp³-hybridized carbons (Fsp3) is 0.250. The van der Waals surface area contributed by atoms with Crippen molar-refractivity contribution in [1.82, 2.24) is 9.88 Å². The number of pyridine rings is 1. The maximum atomic E-state index is 15.4. The Hall–Kier alpha value is -3.84. The summed E-state index contributed by atoms with van der Waals surface area (Å²) in [4.78, 5) is 17.8. The van der Waals surface area contributed by atoms with Crippen molar-refractivity contribution >= 4 is 29.5 Å². The second-order valence-corrected chi connectivity index (χ2v) is 16.7. The van der Waals surface area contributed by atoms with Crippen LogP contribution in [0.1, 0.15) is 31.9 Å². The van der Waals surface area contributed by atoms with Gasteiger partial charge in [-0.2, -0.15) is 0 Å². The minimum absolute atomic E-state index is 0.0737. The lowest BCUT2D eigenvalue weighted by atomic mass is 10.0. The zero-order valence-electron chi connectivity index (χ0n) is 24.7. The third-order valence-electron chi connectivity index (χ3n) is 8.55. The second kappa shape index (κ2) is 11.1. The molecule has 1 aliphatic rings. The van der Waals surface area contributed by atoms with E-state index in [0.717, 1.165) is 24.0 Å². The number of benzene rings is 4. The number of aromatic nitrogens is 1. The van der Waals surface area contributed by atoms with E-state index < -0.39 is 8.32 Å². The quantitative estimate of drug-likeness (QED) is 0.228. The molecule has 0 bridgehead atoms. The first-order chi connectivity index (χ1) is 20.2. The molecular weight excluding hydrogens is 539 g/mol. The number of likely N-dealkylation sites (tertiary alicyclic amines) is 1. The monoisotopic (exact) mass is 576 g/mol. The summed E-state index contributed by atoms with van der Waals surface area (Å²) in [6.07, 6.45) is 0.0737. The van der Waals surface area contributed by atoms with Crippen LogP contribution in [0.4, 0.5) is 4.39 Å². The fourth-order valence-electron chi connectivity index (χ4n) is 6.35. The minimum atomic E-state index is -2.62. The molecule has 0 aliphatic carbocycles. The zero-order chi connectivity index (χ0) is 29.5. The van der Waals surface area contributed by atoms with Gasteiger partial charge in [0.2, 0.25) is 0 Å². The number of aryl methyl sites for hydroxylation is 1. The van der Waals surface area contributed by atoms with Gasteiger partial charge in [-0.05, 0) is 51.5 Å². The van der Waals surface area contributed by atoms with E-state index >= 15 is 4.39 Å². The lowest BCUT2D eigenvalue weighted by molar-refractivity contribution is 0.00751. The van der Waals surface area contributed by atoms with Gasteiger partial charge < -0.3 is 9.41 Å². The highest BCUT2D eigenvalue weighted by atomic mass is 28.4. The summed E-state index contributed by atoms with van der Waals surface area (Å²) in [6, 6.07) is 34.2. The van der Waals surface area contributed by atoms with E-state index in [2.05, 4.69) is 91.3 Å². The molecule has 42 heavy (non-hydrogen) atoms. The first-order valence-corrected chi connectivity index (χ1v) is 16.5. The normalized spacial score (nSPS) is 14.7. The van der Waals surface area contributed by atoms with Crippen molar-refractivity contribution in [3.63, 3.8) is 0 Å². The molecule has 6 rings (SSSR count). The van der Waals surface area contributed by atoms with Gasteiger partial charge in [0.1, 0.15) is 5.82 Å². The van der Waals surface area contributed by atoms with Crippen LogP contribution in [0, 0.1) is 12.7 Å². The average Bonchev–Trinajstić information content (AvgIpc) is 2.96. The second-order valence-electron chi connectivity index (χ2n) is 12.5. The van der Waals surface area contributed by atoms with Gasteiger partial charge >= 0.3 is 0 Å². The summed E-state index contributed by atoms with van der Waals surface area (Å²) >= 11 is 0. The van der Waals surface area contributed by atoms with Crippen LogP contribution in [0.3, 0.4) is 0 Å². The molecule has 2 heterocycles. The lowest BCUT2D eigenvalue weighted by Crippen LogP contribution is -2.70. The molecule has 0 saturated carbocycles. The largest absolute Gasteiger partial charge is 0.402 e. The Bertz CT molecular complexity index is 1730. The summed E-state index contributed by atoms with van der Waals surface area (Å²) in [5.74, 6) is -0.269. The number of fused-ring (bicyclic) bond motifs is 1. The van der Waals surface area contributed by atoms with Crippen LogP contribution >= 0.6 is 0 Å². The smallest absolute Gasteiger partial charge is 0.261 e. The van der Waals surface area contributed by atoms with Crippen molar-refractivity contribution in [2.24, 2.45) is 0 Å². The number of hydrogen-bond donors (Lipinski definition) is 1. The summed E-state index contributed by atoms with van der Waals surface area (Å²) in [7, 11) is -2.62. The van der Waals surface area contributed by atoms with Gasteiger partial charge in [-0.25, -0.2) is 4.39 Å². The molecule has 1 aromatic heterocycles. The van der Waals surface area contributed by atoms with Gasteiger partial charge in [0.25, 0.3) is 13.9 Å². The van der Waals surface area contributed by atoms with Gasteiger partial charge in [0.05, 0.1) is 6.10 Å². The Labute approximate surface area is 247 Å². The molecule has 5 aromatic rings. The number of nitrogens with one attached hydrogen (secondary N) is 1. The Balaban J connectivity index is 1.20. The van der Waals surface area contributed by atoms with Crippen LogP contribution in [-0.2, 0) is 11.0 Å². The van der Waals surface area contributed by atoms with Crippen molar-refractivity contribution in [2.45, 2.75) is 45.4 Å². The molecule has 1 saturated heterocycles. The van der Waals surface area contributed by atoms with Gasteiger partial charge in [0, 0.05) is 41.8 Å². The lowest BCUT2D eigenvalue weighted by Gasteiger charge is -2.49. The van der Waals surface area contributed by atoms with Gasteiger partial charge in [-0.1, -0.05) is 106 Å². The number of halogens is 1. The van der Waals surface area contributed by atoms with Crippen molar-refractivity contribution in [2.75, 3.05) is 13.1 Å². The van der Waals surface area contributed by atoms with Crippen LogP contribution in [-0.4, -0.2) is 37.4 Å². The third-order valence-corrected chi connectivity index (χ3v) is 13.6. The first-order valence-electron chi connectivity index (χ1n) is 14.6. The molecule has 1 fully saturated rings. The predicted octanol–water partition coefficient (Wildman–Crippen LogP) is 6.40. The third kappa shape index (κ3) is 5.15. The van der Waals surface area contributed by atoms with Crippen LogP contribution in [0.2, 0.25) is 5.04 Å². The van der Waals surface area contributed by atoms with E-state index in [4.69, 9.17) is 4.43 Å². The molecule has 4 nitrogen and oxygen atoms in total. The number of aromatic amines is 1. The Morgan fingerprint density at radius 3 is 2.10 bits per heavy atom. The number of rotatable bonds is 7. The summed E-state index contributed by atoms with van der Waals surface area (Å²) in [6.45, 7) is 10.9. The SMILES string of the molecule is Cc1cccc2c(=O)[nH]c(-c3ccc(CN4CC(O[Si](c5ccccc5)(c5ccccc5)C(C)(C)C)C4)c(F)c3)cc12. The molecule has 0 unspecified atom stereocenters. The molecule has 6 heteroatoms. The topological polar surface area (TPSA) is 45.3 Å². The summed E-state index contributed by atoms with van der Waals surface area (Å²) < 4.78 is 22.6. The first kappa shape index (κ1) is 28.3. The van der Waals surface area contributed by atoms with E-state index in [1.807, 2.05) is 43.3 Å². The molecule has 1 N–H and O–H groups in total. The van der Waals surface area contributed by atoms with Crippen LogP contribution in [0.5, 0.6) is 0 Å². The van der Waals surface area contributed by atoms with E-state index in [1.165, 1.54) is 16.4 Å². The van der Waals surface area contributed by atoms with Crippen LogP contribution in [0.25, 0.3) is 22.0 Å². The van der Waals surface area contributed by atoms with E-state index in [0.29, 0.717) is 28.8 Å². The standard InChI is InChI=1S/C36H37FN2O2Si/c1-25-12-11-17-31-32(25)21-34(38-35(31)40)26-18-19-27(33(37)20-26)22-39-23-28(24-39)41-42(36(2,3)4,29-13-7-5-8-14-29)30-15-9-6-10-16-30/h5-21,28H,22-24H2,1-4H3,(H,38,40). The van der Waals surface area contributed by atoms with Crippen molar-refractivity contribution in [3.8, 4) is 11.3 Å². The molecular formula is C36H37FN2O2Si. The van der Waals surface area contributed by atoms with Crippen molar-refractivity contribution < 1.29 is 8.82 Å². The van der Waals surface area contributed by atoms with Crippen LogP contribution in [0.15, 0.2) is 108 Å². The van der Waals surface area contributed by atoms with Crippen molar-refractivity contribution in [1.29, 1.82) is 0 Å². The zero-order valence-corrected chi connectivity index (χ0v) is 25.7. The number of nitrogens with zero attached hydrogens (tertiary/aromatic N) is 1. The van der Waals surface area contributed by atoms with Gasteiger partial charge in [0.15, 0.2) is 0 Å². The summed E-state index contributed by atoms with van der Waals surface area (Å²) in [5.41, 5.74) is 2.78. The fourth-order valence-corrected chi connectivity index (χ4v) is 11.0. The van der Waals surface area contributed by atoms with Crippen LogP contribution < -0.4 is 15.9 Å². The minimum Gasteiger partial charge on any atom is -0.402 e. The highest BCUT2D eigenvalue weighted by Gasteiger charge is 2.52. The van der Waals surface area contributed by atoms with Gasteiger partial charge in [-0.15, -0.1) is 0 Å². The maximum absolute atomic E-state index is 15.4.